The van der Waals surface area contributed by atoms with E-state index in [1.54, 1.807) is 6.07 Å². The van der Waals surface area contributed by atoms with Crippen LogP contribution in [0.5, 0.6) is 0 Å². The molecule has 0 aliphatic heterocycles. The maximum atomic E-state index is 9.87. The average molecular weight is 289 g/mol. The Morgan fingerprint density at radius 2 is 1.56 bits per heavy atom. The van der Waals surface area contributed by atoms with Crippen LogP contribution in [0.15, 0.2) is 12.3 Å². The van der Waals surface area contributed by atoms with Gasteiger partial charge in [0.2, 0.25) is 5.15 Å². The monoisotopic (exact) mass is 288 g/mol. The van der Waals surface area contributed by atoms with E-state index in [1.807, 2.05) is 24.7 Å². The van der Waals surface area contributed by atoms with Gasteiger partial charge in [-0.1, -0.05) is 0 Å². The Balaban J connectivity index is 0.000000293. The van der Waals surface area contributed by atoms with Crippen molar-refractivity contribution in [1.29, 1.82) is 0 Å². The Morgan fingerprint density at radius 3 is 1.81 bits per heavy atom. The van der Waals surface area contributed by atoms with Gasteiger partial charge in [0.25, 0.3) is 5.82 Å². The second-order valence-electron chi connectivity index (χ2n) is 2.87. The first kappa shape index (κ1) is 15.4. The number of halogens is 7. The molecule has 0 aromatic carbocycles. The zero-order valence-electron chi connectivity index (χ0n) is 8.14. The van der Waals surface area contributed by atoms with Crippen molar-refractivity contribution >= 4 is 19.4 Å². The summed E-state index contributed by atoms with van der Waals surface area (Å²) in [7, 11) is -8.73. The molecule has 1 aromatic rings. The molecular formula is C6H8ClF6N2P. The first-order valence-electron chi connectivity index (χ1n) is 3.70. The van der Waals surface area contributed by atoms with Gasteiger partial charge in [-0.05, 0) is 16.6 Å². The summed E-state index contributed by atoms with van der Waals surface area (Å²) in [5.41, 5.74) is 0. The van der Waals surface area contributed by atoms with Crippen molar-refractivity contribution in [3.8, 4) is 0 Å². The second-order valence-corrected chi connectivity index (χ2v) is 5.17. The Morgan fingerprint density at radius 1 is 1.19 bits per heavy atom. The van der Waals surface area contributed by atoms with E-state index in [0.717, 1.165) is 5.82 Å². The standard InChI is InChI=1S/C6H8ClN2.F6P/c1-5-8-6(7)3-4-9(5)2;1-7(2,3,4,5)6/h3-4H,1-2H3;/q+1;-1. The minimum absolute atomic E-state index is 0.547. The summed E-state index contributed by atoms with van der Waals surface area (Å²) in [4.78, 5) is 4.00. The van der Waals surface area contributed by atoms with Crippen LogP contribution in [0.2, 0.25) is 5.15 Å². The van der Waals surface area contributed by atoms with Crippen molar-refractivity contribution in [3.63, 3.8) is 0 Å². The third-order valence-corrected chi connectivity index (χ3v) is 1.43. The van der Waals surface area contributed by atoms with E-state index in [4.69, 9.17) is 11.6 Å². The molecule has 0 N–H and O–H groups in total. The van der Waals surface area contributed by atoms with Crippen molar-refractivity contribution in [1.82, 2.24) is 4.98 Å². The molecular weight excluding hydrogens is 280 g/mol. The van der Waals surface area contributed by atoms with Crippen LogP contribution in [0.1, 0.15) is 5.82 Å². The fourth-order valence-electron chi connectivity index (χ4n) is 0.552. The van der Waals surface area contributed by atoms with E-state index in [1.165, 1.54) is 0 Å². The van der Waals surface area contributed by atoms with Gasteiger partial charge >= 0.3 is 33.0 Å². The van der Waals surface area contributed by atoms with Gasteiger partial charge in [0.05, 0.1) is 13.2 Å². The third kappa shape index (κ3) is 13.4. The molecule has 0 unspecified atom stereocenters. The van der Waals surface area contributed by atoms with Crippen LogP contribution in [0.4, 0.5) is 25.2 Å². The van der Waals surface area contributed by atoms with Gasteiger partial charge < -0.3 is 0 Å². The van der Waals surface area contributed by atoms with Gasteiger partial charge in [-0.25, -0.2) is 4.57 Å². The third-order valence-electron chi connectivity index (χ3n) is 1.21. The number of rotatable bonds is 0. The van der Waals surface area contributed by atoms with Crippen LogP contribution < -0.4 is 4.57 Å². The van der Waals surface area contributed by atoms with Crippen LogP contribution >= 0.6 is 19.4 Å². The topological polar surface area (TPSA) is 16.8 Å². The predicted octanol–water partition coefficient (Wildman–Crippen LogP) is 4.25. The van der Waals surface area contributed by atoms with Gasteiger partial charge in [-0.3, -0.25) is 0 Å². The number of aromatic nitrogens is 2. The van der Waals surface area contributed by atoms with Gasteiger partial charge in [0.15, 0.2) is 0 Å². The molecule has 0 atom stereocenters. The molecule has 1 aromatic heterocycles. The van der Waals surface area contributed by atoms with Crippen LogP contribution in [0, 0.1) is 6.92 Å². The molecule has 0 aliphatic rings. The summed E-state index contributed by atoms with van der Waals surface area (Å²) in [6.45, 7) is 1.91. The summed E-state index contributed by atoms with van der Waals surface area (Å²) in [5, 5.41) is 0.547. The number of aryl methyl sites for hydroxylation is 2. The molecule has 0 aliphatic carbocycles. The van der Waals surface area contributed by atoms with Crippen molar-refractivity contribution in [2.75, 3.05) is 0 Å². The molecule has 0 radical (unpaired) electrons. The molecule has 96 valence electrons. The SMILES string of the molecule is Cc1nc(Cl)cc[n+]1C.F[P-](F)(F)(F)(F)F. The molecule has 16 heavy (non-hydrogen) atoms. The summed E-state index contributed by atoms with van der Waals surface area (Å²) < 4.78 is 61.1. The quantitative estimate of drug-likeness (QED) is 0.302. The summed E-state index contributed by atoms with van der Waals surface area (Å²) >= 11 is 5.59. The molecule has 1 heterocycles. The first-order valence-corrected chi connectivity index (χ1v) is 6.11. The van der Waals surface area contributed by atoms with Crippen LogP contribution in [-0.2, 0) is 7.05 Å². The van der Waals surface area contributed by atoms with Crippen molar-refractivity contribution in [3.05, 3.63) is 23.2 Å². The van der Waals surface area contributed by atoms with E-state index in [2.05, 4.69) is 4.98 Å². The molecule has 0 bridgehead atoms. The Labute approximate surface area is 92.1 Å². The summed E-state index contributed by atoms with van der Waals surface area (Å²) in [5.74, 6) is 0.919. The molecule has 0 spiro atoms. The van der Waals surface area contributed by atoms with Crippen molar-refractivity contribution in [2.45, 2.75) is 6.92 Å². The molecule has 0 fully saturated rings. The normalized spacial score (nSPS) is 15.6. The number of nitrogens with zero attached hydrogens (tertiary/aromatic N) is 2. The van der Waals surface area contributed by atoms with Crippen LogP contribution in [0.25, 0.3) is 0 Å². The Kier molecular flexibility index (Phi) is 3.56. The molecule has 0 saturated carbocycles. The maximum absolute atomic E-state index is 10.7. The van der Waals surface area contributed by atoms with E-state index >= 15 is 0 Å². The first-order chi connectivity index (χ1) is 6.65. The zero-order valence-corrected chi connectivity index (χ0v) is 9.79. The number of hydrogen-bond acceptors (Lipinski definition) is 1. The van der Waals surface area contributed by atoms with Crippen LogP contribution in [0.3, 0.4) is 0 Å². The van der Waals surface area contributed by atoms with Crippen LogP contribution in [-0.4, -0.2) is 4.98 Å². The second kappa shape index (κ2) is 3.70. The van der Waals surface area contributed by atoms with Gasteiger partial charge in [-0.15, -0.1) is 0 Å². The summed E-state index contributed by atoms with van der Waals surface area (Å²) in [6, 6.07) is 1.76. The molecule has 0 saturated heterocycles. The molecule has 2 nitrogen and oxygen atoms in total. The van der Waals surface area contributed by atoms with Gasteiger partial charge in [-0.2, -0.15) is 0 Å². The summed E-state index contributed by atoms with van der Waals surface area (Å²) in [6.07, 6.45) is 1.88. The zero-order chi connectivity index (χ0) is 13.3. The van der Waals surface area contributed by atoms with Crippen molar-refractivity contribution < 1.29 is 29.7 Å². The fourth-order valence-corrected chi connectivity index (χ4v) is 0.731. The number of hydrogen-bond donors (Lipinski definition) is 0. The van der Waals surface area contributed by atoms with E-state index in [-0.39, 0.29) is 0 Å². The van der Waals surface area contributed by atoms with Gasteiger partial charge in [0, 0.05) is 13.0 Å². The molecule has 10 heteroatoms. The van der Waals surface area contributed by atoms with E-state index in [0.29, 0.717) is 5.15 Å². The fraction of sp³-hybridized carbons (Fsp3) is 0.333. The average Bonchev–Trinajstić information content (AvgIpc) is 1.91. The van der Waals surface area contributed by atoms with Gasteiger partial charge in [0.1, 0.15) is 0 Å². The van der Waals surface area contributed by atoms with Crippen molar-refractivity contribution in [2.24, 2.45) is 7.05 Å². The predicted molar refractivity (Wildman–Crippen MR) is 48.7 cm³/mol. The minimum atomic E-state index is -10.7. The van der Waals surface area contributed by atoms with E-state index in [9.17, 15) is 25.2 Å². The Hall–Kier alpha value is -0.620. The molecule has 0 amide bonds. The molecule has 1 rings (SSSR count). The van der Waals surface area contributed by atoms with E-state index < -0.39 is 7.81 Å². The Bertz CT molecular complexity index is 377.